The minimum Gasteiger partial charge on any atom is -0.378 e. The molecule has 0 radical (unpaired) electrons. The Morgan fingerprint density at radius 3 is 2.37 bits per heavy atom. The van der Waals surface area contributed by atoms with Gasteiger partial charge >= 0.3 is 0 Å². The third-order valence-electron chi connectivity index (χ3n) is 4.70. The summed E-state index contributed by atoms with van der Waals surface area (Å²) in [7, 11) is 0. The van der Waals surface area contributed by atoms with E-state index >= 15 is 0 Å². The van der Waals surface area contributed by atoms with Gasteiger partial charge in [0.05, 0.1) is 24.2 Å². The monoisotopic (exact) mass is 362 g/mol. The first-order chi connectivity index (χ1) is 13.2. The number of morpholine rings is 1. The van der Waals surface area contributed by atoms with Crippen LogP contribution in [0, 0.1) is 0 Å². The lowest BCUT2D eigenvalue weighted by atomic mass is 10.1. The first-order valence-corrected chi connectivity index (χ1v) is 9.24. The molecular weight excluding hydrogens is 340 g/mol. The number of anilines is 2. The Morgan fingerprint density at radius 1 is 1.04 bits per heavy atom. The molecule has 27 heavy (non-hydrogen) atoms. The number of aromatic nitrogens is 2. The van der Waals surface area contributed by atoms with Crippen molar-refractivity contribution < 1.29 is 9.53 Å². The van der Waals surface area contributed by atoms with Gasteiger partial charge in [-0.05, 0) is 36.2 Å². The summed E-state index contributed by atoms with van der Waals surface area (Å²) in [4.78, 5) is 24.4. The molecule has 0 atom stereocenters. The van der Waals surface area contributed by atoms with E-state index in [0.29, 0.717) is 43.3 Å². The fraction of sp³-hybridized carbons (Fsp3) is 0.286. The summed E-state index contributed by atoms with van der Waals surface area (Å²) < 4.78 is 5.44. The average Bonchev–Trinajstić information content (AvgIpc) is 2.74. The molecular formula is C21H22N4O2. The molecule has 1 fully saturated rings. The third kappa shape index (κ3) is 3.75. The number of rotatable bonds is 4. The Balaban J connectivity index is 1.69. The maximum Gasteiger partial charge on any atom is 0.278 e. The van der Waals surface area contributed by atoms with Gasteiger partial charge in [-0.1, -0.05) is 31.2 Å². The van der Waals surface area contributed by atoms with Crippen molar-refractivity contribution in [3.63, 3.8) is 0 Å². The van der Waals surface area contributed by atoms with Crippen molar-refractivity contribution in [1.82, 2.24) is 9.97 Å². The molecule has 2 aromatic carbocycles. The van der Waals surface area contributed by atoms with E-state index in [0.717, 1.165) is 17.6 Å². The fourth-order valence-corrected chi connectivity index (χ4v) is 3.15. The highest BCUT2D eigenvalue weighted by Crippen LogP contribution is 2.23. The van der Waals surface area contributed by atoms with Gasteiger partial charge in [-0.25, -0.2) is 9.97 Å². The van der Waals surface area contributed by atoms with Crippen LogP contribution in [-0.2, 0) is 11.2 Å². The van der Waals surface area contributed by atoms with Gasteiger partial charge in [0.15, 0.2) is 11.5 Å². The van der Waals surface area contributed by atoms with Gasteiger partial charge in [0, 0.05) is 18.8 Å². The molecule has 138 valence electrons. The minimum atomic E-state index is -0.251. The highest BCUT2D eigenvalue weighted by atomic mass is 16.5. The highest BCUT2D eigenvalue weighted by Gasteiger charge is 2.23. The second-order valence-corrected chi connectivity index (χ2v) is 6.49. The number of nitrogens with one attached hydrogen (secondary N) is 1. The number of fused-ring (bicyclic) bond motifs is 1. The number of carbonyl (C=O) groups excluding carboxylic acids is 1. The van der Waals surface area contributed by atoms with Crippen LogP contribution in [0.2, 0.25) is 0 Å². The van der Waals surface area contributed by atoms with Crippen molar-refractivity contribution in [2.75, 3.05) is 36.5 Å². The van der Waals surface area contributed by atoms with Gasteiger partial charge in [0.2, 0.25) is 0 Å². The van der Waals surface area contributed by atoms with Crippen LogP contribution in [0.15, 0.2) is 48.5 Å². The normalized spacial score (nSPS) is 14.3. The zero-order valence-corrected chi connectivity index (χ0v) is 15.3. The second kappa shape index (κ2) is 7.72. The van der Waals surface area contributed by atoms with E-state index in [9.17, 15) is 4.79 Å². The van der Waals surface area contributed by atoms with E-state index < -0.39 is 0 Å². The van der Waals surface area contributed by atoms with Crippen LogP contribution >= 0.6 is 0 Å². The van der Waals surface area contributed by atoms with Gasteiger partial charge in [-0.3, -0.25) is 4.79 Å². The summed E-state index contributed by atoms with van der Waals surface area (Å²) in [5.41, 5.74) is 3.81. The zero-order valence-electron chi connectivity index (χ0n) is 15.3. The summed E-state index contributed by atoms with van der Waals surface area (Å²) in [6.07, 6.45) is 0.964. The topological polar surface area (TPSA) is 67.4 Å². The van der Waals surface area contributed by atoms with Gasteiger partial charge in [0.1, 0.15) is 0 Å². The largest absolute Gasteiger partial charge is 0.378 e. The number of nitrogens with zero attached hydrogens (tertiary/aromatic N) is 3. The van der Waals surface area contributed by atoms with Crippen LogP contribution < -0.4 is 10.2 Å². The van der Waals surface area contributed by atoms with Crippen LogP contribution in [-0.4, -0.2) is 42.2 Å². The molecule has 0 unspecified atom stereocenters. The Bertz CT molecular complexity index is 950. The fourth-order valence-electron chi connectivity index (χ4n) is 3.15. The molecule has 0 saturated carbocycles. The summed E-state index contributed by atoms with van der Waals surface area (Å²) >= 11 is 0. The number of amides is 1. The van der Waals surface area contributed by atoms with Crippen LogP contribution in [0.4, 0.5) is 11.5 Å². The molecule has 0 bridgehead atoms. The van der Waals surface area contributed by atoms with E-state index in [2.05, 4.69) is 22.1 Å². The lowest BCUT2D eigenvalue weighted by Crippen LogP contribution is -2.38. The molecule has 1 saturated heterocycles. The number of ether oxygens (including phenoxy) is 1. The smallest absolute Gasteiger partial charge is 0.278 e. The Kier molecular flexibility index (Phi) is 4.98. The number of aryl methyl sites for hydroxylation is 1. The molecule has 0 aliphatic carbocycles. The molecule has 0 spiro atoms. The average molecular weight is 362 g/mol. The first-order valence-electron chi connectivity index (χ1n) is 9.24. The highest BCUT2D eigenvalue weighted by molar-refractivity contribution is 6.07. The molecule has 1 aliphatic heterocycles. The van der Waals surface area contributed by atoms with Gasteiger partial charge in [-0.15, -0.1) is 0 Å². The molecule has 1 amide bonds. The van der Waals surface area contributed by atoms with E-state index in [1.54, 1.807) is 0 Å². The predicted molar refractivity (Wildman–Crippen MR) is 106 cm³/mol. The van der Waals surface area contributed by atoms with Crippen molar-refractivity contribution in [1.29, 1.82) is 0 Å². The number of hydrogen-bond acceptors (Lipinski definition) is 5. The molecule has 6 heteroatoms. The van der Waals surface area contributed by atoms with E-state index in [-0.39, 0.29) is 5.91 Å². The van der Waals surface area contributed by atoms with Crippen molar-refractivity contribution in [2.45, 2.75) is 13.3 Å². The van der Waals surface area contributed by atoms with Crippen molar-refractivity contribution >= 4 is 28.4 Å². The number of hydrogen-bond donors (Lipinski definition) is 1. The second-order valence-electron chi connectivity index (χ2n) is 6.49. The first kappa shape index (κ1) is 17.4. The third-order valence-corrected chi connectivity index (χ3v) is 4.70. The molecule has 6 nitrogen and oxygen atoms in total. The molecule has 2 heterocycles. The standard InChI is InChI=1S/C21H22N4O2/c1-2-15-7-9-16(10-8-15)22-21(26)19-20(25-11-13-27-14-12-25)24-18-6-4-3-5-17(18)23-19/h3-10H,2,11-14H2,1H3,(H,22,26). The van der Waals surface area contributed by atoms with Gasteiger partial charge in [-0.2, -0.15) is 0 Å². The maximum atomic E-state index is 13.0. The summed E-state index contributed by atoms with van der Waals surface area (Å²) in [6, 6.07) is 15.5. The Morgan fingerprint density at radius 2 is 1.70 bits per heavy atom. The van der Waals surface area contributed by atoms with E-state index in [1.807, 2.05) is 48.5 Å². The maximum absolute atomic E-state index is 13.0. The Labute approximate surface area is 158 Å². The molecule has 1 aromatic heterocycles. The lowest BCUT2D eigenvalue weighted by Gasteiger charge is -2.29. The van der Waals surface area contributed by atoms with Gasteiger partial charge < -0.3 is 15.0 Å². The lowest BCUT2D eigenvalue weighted by molar-refractivity contribution is 0.102. The van der Waals surface area contributed by atoms with Crippen LogP contribution in [0.3, 0.4) is 0 Å². The van der Waals surface area contributed by atoms with Crippen molar-refractivity contribution in [3.05, 3.63) is 59.8 Å². The molecule has 1 N–H and O–H groups in total. The molecule has 1 aliphatic rings. The van der Waals surface area contributed by atoms with Crippen LogP contribution in [0.25, 0.3) is 11.0 Å². The summed E-state index contributed by atoms with van der Waals surface area (Å²) in [5.74, 6) is 0.360. The minimum absolute atomic E-state index is 0.251. The predicted octanol–water partition coefficient (Wildman–Crippen LogP) is 3.28. The van der Waals surface area contributed by atoms with Crippen LogP contribution in [0.1, 0.15) is 23.0 Å². The number of benzene rings is 2. The number of para-hydroxylation sites is 2. The molecule has 3 aromatic rings. The van der Waals surface area contributed by atoms with E-state index in [1.165, 1.54) is 5.56 Å². The number of carbonyl (C=O) groups is 1. The van der Waals surface area contributed by atoms with Gasteiger partial charge in [0.25, 0.3) is 5.91 Å². The SMILES string of the molecule is CCc1ccc(NC(=O)c2nc3ccccc3nc2N2CCOCC2)cc1. The summed E-state index contributed by atoms with van der Waals surface area (Å²) in [6.45, 7) is 4.73. The van der Waals surface area contributed by atoms with E-state index in [4.69, 9.17) is 9.72 Å². The molecule has 4 rings (SSSR count). The summed E-state index contributed by atoms with van der Waals surface area (Å²) in [5, 5.41) is 2.95. The van der Waals surface area contributed by atoms with Crippen molar-refractivity contribution in [2.24, 2.45) is 0 Å². The quantitative estimate of drug-likeness (QED) is 0.771. The zero-order chi connectivity index (χ0) is 18.6. The van der Waals surface area contributed by atoms with Crippen molar-refractivity contribution in [3.8, 4) is 0 Å². The Hall–Kier alpha value is -2.99. The van der Waals surface area contributed by atoms with Crippen LogP contribution in [0.5, 0.6) is 0 Å².